The summed E-state index contributed by atoms with van der Waals surface area (Å²) in [5.74, 6) is -0.298. The van der Waals surface area contributed by atoms with Crippen LogP contribution in [0.3, 0.4) is 0 Å². The van der Waals surface area contributed by atoms with Gasteiger partial charge in [-0.05, 0) is 42.8 Å². The molecule has 120 valence electrons. The molecule has 5 heteroatoms. The van der Waals surface area contributed by atoms with Crippen LogP contribution in [0.1, 0.15) is 43.6 Å². The number of fused-ring (bicyclic) bond motifs is 2. The third-order valence-corrected chi connectivity index (χ3v) is 4.51. The third kappa shape index (κ3) is 1.98. The average Bonchev–Trinajstić information content (AvgIpc) is 3.03. The molecule has 1 unspecified atom stereocenters. The van der Waals surface area contributed by atoms with E-state index < -0.39 is 17.9 Å². The van der Waals surface area contributed by atoms with E-state index in [1.165, 1.54) is 0 Å². The number of rotatable bonds is 3. The van der Waals surface area contributed by atoms with Gasteiger partial charge in [0.15, 0.2) is 5.78 Å². The summed E-state index contributed by atoms with van der Waals surface area (Å²) in [4.78, 5) is 39.0. The fourth-order valence-electron chi connectivity index (χ4n) is 3.42. The topological polar surface area (TPSA) is 63.7 Å². The molecule has 2 aliphatic rings. The van der Waals surface area contributed by atoms with Crippen LogP contribution in [0.4, 0.5) is 0 Å². The van der Waals surface area contributed by atoms with Crippen LogP contribution in [0.2, 0.25) is 0 Å². The van der Waals surface area contributed by atoms with Gasteiger partial charge in [0, 0.05) is 12.0 Å². The summed E-state index contributed by atoms with van der Waals surface area (Å²) in [5.41, 5.74) is 2.09. The van der Waals surface area contributed by atoms with Crippen molar-refractivity contribution in [2.24, 2.45) is 0 Å². The van der Waals surface area contributed by atoms with E-state index in [0.717, 1.165) is 10.5 Å². The Kier molecular flexibility index (Phi) is 3.23. The molecule has 24 heavy (non-hydrogen) atoms. The summed E-state index contributed by atoms with van der Waals surface area (Å²) in [7, 11) is 0. The summed E-state index contributed by atoms with van der Waals surface area (Å²) < 4.78 is 5.46. The number of nitrogens with zero attached hydrogens (tertiary/aromatic N) is 1. The molecule has 2 aromatic carbocycles. The summed E-state index contributed by atoms with van der Waals surface area (Å²) in [6, 6.07) is 11.2. The maximum absolute atomic E-state index is 12.7. The Morgan fingerprint density at radius 2 is 1.67 bits per heavy atom. The number of ketones is 1. The normalized spacial score (nSPS) is 18.8. The Morgan fingerprint density at radius 1 is 1.00 bits per heavy atom. The maximum atomic E-state index is 12.7. The third-order valence-electron chi connectivity index (χ3n) is 4.51. The smallest absolute Gasteiger partial charge is 0.262 e. The van der Waals surface area contributed by atoms with Crippen molar-refractivity contribution in [1.82, 2.24) is 4.90 Å². The average molecular weight is 321 g/mol. The van der Waals surface area contributed by atoms with Crippen molar-refractivity contribution >= 4 is 17.6 Å². The lowest BCUT2D eigenvalue weighted by molar-refractivity contribution is 0.0551. The Bertz CT molecular complexity index is 852. The monoisotopic (exact) mass is 321 g/mol. The zero-order valence-electron chi connectivity index (χ0n) is 13.1. The first-order valence-corrected chi connectivity index (χ1v) is 7.88. The number of ether oxygens (including phenoxy) is 1. The zero-order chi connectivity index (χ0) is 16.8. The lowest BCUT2D eigenvalue weighted by atomic mass is 10.1. The van der Waals surface area contributed by atoms with E-state index in [1.54, 1.807) is 36.4 Å². The highest BCUT2D eigenvalue weighted by molar-refractivity contribution is 6.24. The van der Waals surface area contributed by atoms with Crippen LogP contribution >= 0.6 is 0 Å². The van der Waals surface area contributed by atoms with Gasteiger partial charge in [-0.1, -0.05) is 12.1 Å². The maximum Gasteiger partial charge on any atom is 0.262 e. The Labute approximate surface area is 138 Å². The second kappa shape index (κ2) is 5.30. The lowest BCUT2D eigenvalue weighted by Gasteiger charge is -2.20. The lowest BCUT2D eigenvalue weighted by Crippen LogP contribution is -2.43. The van der Waals surface area contributed by atoms with Crippen molar-refractivity contribution < 1.29 is 19.1 Å². The summed E-state index contributed by atoms with van der Waals surface area (Å²) in [6.07, 6.45) is 0.334. The molecule has 5 nitrogen and oxygen atoms in total. The van der Waals surface area contributed by atoms with Crippen molar-refractivity contribution in [1.29, 1.82) is 0 Å². The molecule has 2 aromatic rings. The van der Waals surface area contributed by atoms with Gasteiger partial charge in [0.25, 0.3) is 11.8 Å². The van der Waals surface area contributed by atoms with Gasteiger partial charge in [-0.15, -0.1) is 0 Å². The molecular weight excluding hydrogens is 306 g/mol. The van der Waals surface area contributed by atoms with Gasteiger partial charge < -0.3 is 4.74 Å². The molecule has 0 N–H and O–H groups in total. The number of Topliss-reactive ketones (excluding diaryl/α,β-unsaturated/α-hetero) is 1. The molecule has 0 bridgehead atoms. The Balaban J connectivity index is 1.69. The fraction of sp³-hybridized carbons (Fsp3) is 0.211. The van der Waals surface area contributed by atoms with Crippen LogP contribution in [0, 0.1) is 0 Å². The van der Waals surface area contributed by atoms with Crippen LogP contribution < -0.4 is 4.74 Å². The van der Waals surface area contributed by atoms with Crippen molar-refractivity contribution in [3.8, 4) is 5.75 Å². The Hall–Kier alpha value is -2.95. The molecule has 1 heterocycles. The fourth-order valence-corrected chi connectivity index (χ4v) is 3.42. The number of amides is 2. The first-order chi connectivity index (χ1) is 11.6. The minimum Gasteiger partial charge on any atom is -0.494 e. The van der Waals surface area contributed by atoms with Crippen molar-refractivity contribution in [2.75, 3.05) is 6.61 Å². The minimum absolute atomic E-state index is 0.192. The number of hydrogen-bond acceptors (Lipinski definition) is 4. The van der Waals surface area contributed by atoms with E-state index in [0.29, 0.717) is 35.5 Å². The van der Waals surface area contributed by atoms with Crippen LogP contribution in [-0.4, -0.2) is 35.1 Å². The molecule has 4 rings (SSSR count). The first-order valence-electron chi connectivity index (χ1n) is 7.88. The zero-order valence-corrected chi connectivity index (χ0v) is 13.1. The predicted molar refractivity (Wildman–Crippen MR) is 86.4 cm³/mol. The number of benzene rings is 2. The van der Waals surface area contributed by atoms with Gasteiger partial charge in [0.05, 0.1) is 17.7 Å². The quantitative estimate of drug-likeness (QED) is 0.815. The van der Waals surface area contributed by atoms with Gasteiger partial charge in [-0.25, -0.2) is 0 Å². The molecule has 0 fully saturated rings. The van der Waals surface area contributed by atoms with Crippen LogP contribution in [0.25, 0.3) is 0 Å². The van der Waals surface area contributed by atoms with Gasteiger partial charge in [0.1, 0.15) is 11.8 Å². The van der Waals surface area contributed by atoms with E-state index in [9.17, 15) is 14.4 Å². The molecule has 0 saturated carbocycles. The standard InChI is InChI=1S/C19H15NO4/c1-2-24-12-7-8-13-11(9-12)10-16(17(13)21)20-18(22)14-5-3-4-6-15(14)19(20)23/h3-9,16H,2,10H2,1H3. The molecule has 2 amide bonds. The van der Waals surface area contributed by atoms with E-state index in [1.807, 2.05) is 13.0 Å². The van der Waals surface area contributed by atoms with Crippen molar-refractivity contribution in [3.63, 3.8) is 0 Å². The van der Waals surface area contributed by atoms with Crippen molar-refractivity contribution in [2.45, 2.75) is 19.4 Å². The SMILES string of the molecule is CCOc1ccc2c(c1)CC(N1C(=O)c3ccccc3C1=O)C2=O. The van der Waals surface area contributed by atoms with E-state index in [-0.39, 0.29) is 5.78 Å². The molecule has 0 aromatic heterocycles. The summed E-state index contributed by atoms with van der Waals surface area (Å²) in [6.45, 7) is 2.43. The largest absolute Gasteiger partial charge is 0.494 e. The van der Waals surface area contributed by atoms with Crippen LogP contribution in [0.5, 0.6) is 5.75 Å². The number of carbonyl (C=O) groups excluding carboxylic acids is 3. The highest BCUT2D eigenvalue weighted by atomic mass is 16.5. The minimum atomic E-state index is -0.774. The van der Waals surface area contributed by atoms with Crippen LogP contribution in [-0.2, 0) is 6.42 Å². The van der Waals surface area contributed by atoms with Gasteiger partial charge >= 0.3 is 0 Å². The van der Waals surface area contributed by atoms with E-state index >= 15 is 0 Å². The molecule has 1 atom stereocenters. The predicted octanol–water partition coefficient (Wildman–Crippen LogP) is 2.49. The van der Waals surface area contributed by atoms with E-state index in [2.05, 4.69) is 0 Å². The molecule has 1 aliphatic heterocycles. The highest BCUT2D eigenvalue weighted by Gasteiger charge is 2.45. The summed E-state index contributed by atoms with van der Waals surface area (Å²) in [5, 5.41) is 0. The van der Waals surface area contributed by atoms with Gasteiger partial charge in [-0.2, -0.15) is 0 Å². The second-order valence-corrected chi connectivity index (χ2v) is 5.86. The highest BCUT2D eigenvalue weighted by Crippen LogP contribution is 2.33. The molecule has 0 saturated heterocycles. The van der Waals surface area contributed by atoms with Gasteiger partial charge in [0.2, 0.25) is 0 Å². The van der Waals surface area contributed by atoms with Gasteiger partial charge in [-0.3, -0.25) is 19.3 Å². The van der Waals surface area contributed by atoms with Crippen LogP contribution in [0.15, 0.2) is 42.5 Å². The number of carbonyl (C=O) groups is 3. The van der Waals surface area contributed by atoms with Crippen molar-refractivity contribution in [3.05, 3.63) is 64.7 Å². The molecule has 1 aliphatic carbocycles. The Morgan fingerprint density at radius 3 is 2.29 bits per heavy atom. The molecular formula is C19H15NO4. The first kappa shape index (κ1) is 14.6. The molecule has 0 spiro atoms. The number of hydrogen-bond donors (Lipinski definition) is 0. The number of imide groups is 1. The second-order valence-electron chi connectivity index (χ2n) is 5.86. The summed E-state index contributed by atoms with van der Waals surface area (Å²) >= 11 is 0. The van der Waals surface area contributed by atoms with E-state index in [4.69, 9.17) is 4.74 Å². The molecule has 0 radical (unpaired) electrons.